The van der Waals surface area contributed by atoms with Crippen molar-refractivity contribution in [2.24, 2.45) is 7.05 Å². The molecule has 0 bridgehead atoms. The summed E-state index contributed by atoms with van der Waals surface area (Å²) in [6.45, 7) is 3.58. The second-order valence-electron chi connectivity index (χ2n) is 3.06. The van der Waals surface area contributed by atoms with Crippen LogP contribution in [-0.4, -0.2) is 34.8 Å². The summed E-state index contributed by atoms with van der Waals surface area (Å²) in [7, 11) is 3.56. The normalized spacial score (nSPS) is 13.2. The third-order valence-electron chi connectivity index (χ3n) is 1.79. The SMILES string of the molecule is COC(C)CNCc1cn(C)nn1. The molecule has 1 atom stereocenters. The van der Waals surface area contributed by atoms with Crippen LogP contribution >= 0.6 is 0 Å². The fraction of sp³-hybridized carbons (Fsp3) is 0.750. The van der Waals surface area contributed by atoms with E-state index in [0.29, 0.717) is 0 Å². The monoisotopic (exact) mass is 184 g/mol. The van der Waals surface area contributed by atoms with Gasteiger partial charge in [0, 0.05) is 33.4 Å². The van der Waals surface area contributed by atoms with E-state index in [1.807, 2.05) is 20.2 Å². The molecule has 5 nitrogen and oxygen atoms in total. The largest absolute Gasteiger partial charge is 0.380 e. The number of methoxy groups -OCH3 is 1. The lowest BCUT2D eigenvalue weighted by atomic mass is 10.4. The predicted molar refractivity (Wildman–Crippen MR) is 49.2 cm³/mol. The van der Waals surface area contributed by atoms with Crippen LogP contribution < -0.4 is 5.32 Å². The third kappa shape index (κ3) is 3.52. The first-order valence-electron chi connectivity index (χ1n) is 4.31. The molecule has 1 heterocycles. The Morgan fingerprint density at radius 3 is 3.00 bits per heavy atom. The molecule has 0 aromatic carbocycles. The van der Waals surface area contributed by atoms with Gasteiger partial charge in [0.1, 0.15) is 0 Å². The molecule has 5 heteroatoms. The topological polar surface area (TPSA) is 52.0 Å². The predicted octanol–water partition coefficient (Wildman–Crippen LogP) is -0.0604. The van der Waals surface area contributed by atoms with Gasteiger partial charge in [0.25, 0.3) is 0 Å². The Kier molecular flexibility index (Phi) is 3.85. The van der Waals surface area contributed by atoms with Crippen LogP contribution in [0.3, 0.4) is 0 Å². The standard InChI is InChI=1S/C8H16N4O/c1-7(13-3)4-9-5-8-6-12(2)11-10-8/h6-7,9H,4-5H2,1-3H3. The molecule has 0 spiro atoms. The van der Waals surface area contributed by atoms with Crippen LogP contribution in [0, 0.1) is 0 Å². The van der Waals surface area contributed by atoms with Gasteiger partial charge in [0.2, 0.25) is 0 Å². The Morgan fingerprint density at radius 1 is 1.69 bits per heavy atom. The van der Waals surface area contributed by atoms with E-state index in [1.54, 1.807) is 11.8 Å². The first-order valence-corrected chi connectivity index (χ1v) is 4.31. The van der Waals surface area contributed by atoms with Crippen LogP contribution in [0.1, 0.15) is 12.6 Å². The van der Waals surface area contributed by atoms with E-state index in [0.717, 1.165) is 18.8 Å². The number of ether oxygens (including phenoxy) is 1. The van der Waals surface area contributed by atoms with E-state index in [-0.39, 0.29) is 6.10 Å². The van der Waals surface area contributed by atoms with E-state index in [1.165, 1.54) is 0 Å². The molecule has 0 aliphatic heterocycles. The lowest BCUT2D eigenvalue weighted by Crippen LogP contribution is -2.25. The lowest BCUT2D eigenvalue weighted by molar-refractivity contribution is 0.117. The quantitative estimate of drug-likeness (QED) is 0.696. The van der Waals surface area contributed by atoms with Crippen molar-refractivity contribution in [3.63, 3.8) is 0 Å². The molecule has 0 radical (unpaired) electrons. The molecular formula is C8H16N4O. The molecule has 0 fully saturated rings. The van der Waals surface area contributed by atoms with Gasteiger partial charge in [-0.2, -0.15) is 0 Å². The second-order valence-corrected chi connectivity index (χ2v) is 3.06. The van der Waals surface area contributed by atoms with Crippen LogP contribution in [0.15, 0.2) is 6.20 Å². The first kappa shape index (κ1) is 10.1. The van der Waals surface area contributed by atoms with Gasteiger partial charge < -0.3 is 10.1 Å². The van der Waals surface area contributed by atoms with E-state index >= 15 is 0 Å². The van der Waals surface area contributed by atoms with Crippen molar-refractivity contribution in [1.29, 1.82) is 0 Å². The highest BCUT2D eigenvalue weighted by atomic mass is 16.5. The van der Waals surface area contributed by atoms with Gasteiger partial charge in [-0.25, -0.2) is 0 Å². The summed E-state index contributed by atoms with van der Waals surface area (Å²) in [5.41, 5.74) is 0.950. The van der Waals surface area contributed by atoms with E-state index < -0.39 is 0 Å². The van der Waals surface area contributed by atoms with Crippen molar-refractivity contribution in [2.75, 3.05) is 13.7 Å². The molecular weight excluding hydrogens is 168 g/mol. The zero-order valence-electron chi connectivity index (χ0n) is 8.32. The highest BCUT2D eigenvalue weighted by Crippen LogP contribution is 1.91. The second kappa shape index (κ2) is 4.94. The van der Waals surface area contributed by atoms with Crippen LogP contribution in [0.4, 0.5) is 0 Å². The smallest absolute Gasteiger partial charge is 0.0964 e. The number of nitrogens with one attached hydrogen (secondary N) is 1. The van der Waals surface area contributed by atoms with Crippen LogP contribution in [0.2, 0.25) is 0 Å². The summed E-state index contributed by atoms with van der Waals surface area (Å²) in [4.78, 5) is 0. The van der Waals surface area contributed by atoms with Gasteiger partial charge in [-0.3, -0.25) is 4.68 Å². The van der Waals surface area contributed by atoms with Crippen LogP contribution in [0.5, 0.6) is 0 Å². The fourth-order valence-corrected chi connectivity index (χ4v) is 0.963. The van der Waals surface area contributed by atoms with Gasteiger partial charge in [0.05, 0.1) is 11.8 Å². The number of rotatable bonds is 5. The molecule has 0 saturated heterocycles. The summed E-state index contributed by atoms with van der Waals surface area (Å²) < 4.78 is 6.78. The minimum absolute atomic E-state index is 0.233. The van der Waals surface area contributed by atoms with Crippen molar-refractivity contribution in [3.8, 4) is 0 Å². The molecule has 0 aliphatic rings. The number of aromatic nitrogens is 3. The lowest BCUT2D eigenvalue weighted by Gasteiger charge is -2.08. The molecule has 1 unspecified atom stereocenters. The Morgan fingerprint density at radius 2 is 2.46 bits per heavy atom. The molecule has 1 aromatic heterocycles. The minimum Gasteiger partial charge on any atom is -0.380 e. The summed E-state index contributed by atoms with van der Waals surface area (Å²) in [5.74, 6) is 0. The van der Waals surface area contributed by atoms with Gasteiger partial charge in [-0.1, -0.05) is 5.21 Å². The Hall–Kier alpha value is -0.940. The zero-order valence-corrected chi connectivity index (χ0v) is 8.32. The van der Waals surface area contributed by atoms with Crippen molar-refractivity contribution in [1.82, 2.24) is 20.3 Å². The maximum Gasteiger partial charge on any atom is 0.0964 e. The van der Waals surface area contributed by atoms with Crippen LogP contribution in [0.25, 0.3) is 0 Å². The van der Waals surface area contributed by atoms with Gasteiger partial charge >= 0.3 is 0 Å². The summed E-state index contributed by atoms with van der Waals surface area (Å²) in [5, 5.41) is 11.0. The molecule has 1 aromatic rings. The number of nitrogens with zero attached hydrogens (tertiary/aromatic N) is 3. The fourth-order valence-electron chi connectivity index (χ4n) is 0.963. The number of hydrogen-bond acceptors (Lipinski definition) is 4. The van der Waals surface area contributed by atoms with Crippen molar-refractivity contribution < 1.29 is 4.74 Å². The van der Waals surface area contributed by atoms with E-state index in [4.69, 9.17) is 4.74 Å². The Labute approximate surface area is 78.1 Å². The van der Waals surface area contributed by atoms with Crippen molar-refractivity contribution in [3.05, 3.63) is 11.9 Å². The summed E-state index contributed by atoms with van der Waals surface area (Å²) >= 11 is 0. The molecule has 74 valence electrons. The molecule has 0 aliphatic carbocycles. The first-order chi connectivity index (χ1) is 6.22. The van der Waals surface area contributed by atoms with Crippen molar-refractivity contribution in [2.45, 2.75) is 19.6 Å². The highest BCUT2D eigenvalue weighted by molar-refractivity contribution is 4.90. The van der Waals surface area contributed by atoms with Crippen LogP contribution in [-0.2, 0) is 18.3 Å². The Balaban J connectivity index is 2.20. The molecule has 0 saturated carbocycles. The number of hydrogen-bond donors (Lipinski definition) is 1. The average molecular weight is 184 g/mol. The third-order valence-corrected chi connectivity index (χ3v) is 1.79. The highest BCUT2D eigenvalue weighted by Gasteiger charge is 2.00. The number of aryl methyl sites for hydroxylation is 1. The molecule has 0 amide bonds. The van der Waals surface area contributed by atoms with Gasteiger partial charge in [0.15, 0.2) is 0 Å². The van der Waals surface area contributed by atoms with Gasteiger partial charge in [-0.05, 0) is 6.92 Å². The van der Waals surface area contributed by atoms with Crippen molar-refractivity contribution >= 4 is 0 Å². The summed E-state index contributed by atoms with van der Waals surface area (Å²) in [6.07, 6.45) is 2.13. The summed E-state index contributed by atoms with van der Waals surface area (Å²) in [6, 6.07) is 0. The molecule has 1 N–H and O–H groups in total. The van der Waals surface area contributed by atoms with E-state index in [2.05, 4.69) is 15.6 Å². The average Bonchev–Trinajstić information content (AvgIpc) is 2.51. The molecule has 13 heavy (non-hydrogen) atoms. The van der Waals surface area contributed by atoms with Gasteiger partial charge in [-0.15, -0.1) is 5.10 Å². The maximum atomic E-state index is 5.09. The Bertz CT molecular complexity index is 248. The maximum absolute atomic E-state index is 5.09. The molecule has 1 rings (SSSR count). The zero-order chi connectivity index (χ0) is 9.68. The minimum atomic E-state index is 0.233. The van der Waals surface area contributed by atoms with E-state index in [9.17, 15) is 0 Å².